The lowest BCUT2D eigenvalue weighted by molar-refractivity contribution is -0.167. The van der Waals surface area contributed by atoms with Gasteiger partial charge in [0.1, 0.15) is 30.5 Å². The standard InChI is InChI=1S/C17H30O2.2C16H28O2.C15H26O2.C14H24O2/c1-4-17(2,3)16(18)19-15-12-8-6-10-13-9-5-7-11-14(13)15;1-4-16(2,3)15(17)18-14-11-7-9-12-8-5-6-10-13(12)14;1-4-16(2,3)15(17)18-14-10-9-12-7-5-6-8-13(12)11-14;1-4-15(2,3)14(16)17-13-10-9-11-7-5-6-8-12(11)13;1-4-14(2,3)13(15)16-12-9-8-10-6-5-7-11(10)12/h13-15H,4-12H2,1-3H3;2*12-14H,4-11H2,1-3H3;11-13H,4-10H2,1-3H3;10-12H,4-9H2,1-3H3. The Balaban J connectivity index is 0.000000176. The van der Waals surface area contributed by atoms with Crippen LogP contribution in [0.4, 0.5) is 0 Å². The van der Waals surface area contributed by atoms with Gasteiger partial charge < -0.3 is 23.7 Å². The number of hydrogen-bond acceptors (Lipinski definition) is 10. The molecule has 0 amide bonds. The van der Waals surface area contributed by atoms with Gasteiger partial charge >= 0.3 is 29.8 Å². The van der Waals surface area contributed by atoms with Gasteiger partial charge in [0.15, 0.2) is 0 Å². The lowest BCUT2D eigenvalue weighted by Gasteiger charge is -2.41. The van der Waals surface area contributed by atoms with Crippen LogP contribution in [0.15, 0.2) is 0 Å². The smallest absolute Gasteiger partial charge is 0.311 e. The van der Waals surface area contributed by atoms with Gasteiger partial charge in [-0.2, -0.15) is 0 Å². The highest BCUT2D eigenvalue weighted by molar-refractivity contribution is 5.78. The van der Waals surface area contributed by atoms with Crippen molar-refractivity contribution in [3.63, 3.8) is 0 Å². The number of hydrogen-bond donors (Lipinski definition) is 0. The normalized spacial score (nSPS) is 32.9. The van der Waals surface area contributed by atoms with Gasteiger partial charge in [-0.3, -0.25) is 24.0 Å². The molecule has 0 aromatic heterocycles. The van der Waals surface area contributed by atoms with Crippen molar-refractivity contribution in [1.29, 1.82) is 0 Å². The van der Waals surface area contributed by atoms with E-state index in [0.29, 0.717) is 23.7 Å². The van der Waals surface area contributed by atoms with Crippen LogP contribution in [-0.2, 0) is 47.7 Å². The lowest BCUT2D eigenvalue weighted by Crippen LogP contribution is -2.40. The molecule has 0 radical (unpaired) electrons. The summed E-state index contributed by atoms with van der Waals surface area (Å²) in [6.45, 7) is 30.2. The summed E-state index contributed by atoms with van der Waals surface area (Å²) in [7, 11) is 0. The molecule has 10 rings (SSSR count). The Morgan fingerprint density at radius 2 is 0.477 bits per heavy atom. The Bertz CT molecular complexity index is 2130. The number of carbonyl (C=O) groups is 5. The van der Waals surface area contributed by atoms with Gasteiger partial charge in [-0.15, -0.1) is 0 Å². The van der Waals surface area contributed by atoms with E-state index in [1.165, 1.54) is 173 Å². The fourth-order valence-corrected chi connectivity index (χ4v) is 16.9. The molecule has 10 nitrogen and oxygen atoms in total. The van der Waals surface area contributed by atoms with Crippen LogP contribution >= 0.6 is 0 Å². The predicted molar refractivity (Wildman–Crippen MR) is 357 cm³/mol. The van der Waals surface area contributed by atoms with E-state index in [1.54, 1.807) is 0 Å². The average molecular weight is 1230 g/mol. The molecule has 10 heteroatoms. The fourth-order valence-electron chi connectivity index (χ4n) is 16.9. The van der Waals surface area contributed by atoms with Crippen molar-refractivity contribution in [2.45, 2.75) is 378 Å². The van der Waals surface area contributed by atoms with Gasteiger partial charge in [0.25, 0.3) is 0 Å². The Labute approximate surface area is 539 Å². The van der Waals surface area contributed by atoms with Crippen molar-refractivity contribution in [3.8, 4) is 0 Å². The molecule has 10 saturated carbocycles. The summed E-state index contributed by atoms with van der Waals surface area (Å²) in [5, 5.41) is 0. The zero-order valence-electron chi connectivity index (χ0n) is 59.6. The number of fused-ring (bicyclic) bond motifs is 5. The molecule has 10 fully saturated rings. The van der Waals surface area contributed by atoms with E-state index in [2.05, 4.69) is 27.7 Å². The SMILES string of the molecule is CCC(C)(C)C(=O)OC1CCC2CCCC21.CCC(C)(C)C(=O)OC1CCC2CCCCC21.CCC(C)(C)C(=O)OC1CCC2CCCCC2C1.CCC(C)(C)C(=O)OC1CCCC2CCCCC21.CCC(C)(C)C(=O)OC1CCCCC2CCCCC21. The third-order valence-electron chi connectivity index (χ3n) is 25.5. The van der Waals surface area contributed by atoms with E-state index in [0.717, 1.165) is 106 Å². The molecule has 0 spiro atoms. The third kappa shape index (κ3) is 20.9. The first kappa shape index (κ1) is 74.4. The van der Waals surface area contributed by atoms with Crippen LogP contribution in [0, 0.1) is 86.3 Å². The number of esters is 5. The van der Waals surface area contributed by atoms with Crippen molar-refractivity contribution in [2.24, 2.45) is 86.3 Å². The first-order chi connectivity index (χ1) is 41.7. The molecule has 0 aromatic rings. The average Bonchev–Trinajstić information content (AvgIpc) is 3.69. The van der Waals surface area contributed by atoms with Gasteiger partial charge in [-0.05, 0) is 263 Å². The lowest BCUT2D eigenvalue weighted by atomic mass is 9.69. The first-order valence-electron chi connectivity index (χ1n) is 37.8. The van der Waals surface area contributed by atoms with Crippen LogP contribution in [0.25, 0.3) is 0 Å². The van der Waals surface area contributed by atoms with Crippen molar-refractivity contribution >= 4 is 29.8 Å². The molecule has 10 aliphatic rings. The fraction of sp³-hybridized carbons (Fsp3) is 0.936. The number of ether oxygens (including phenoxy) is 5. The second kappa shape index (κ2) is 34.5. The molecule has 508 valence electrons. The minimum atomic E-state index is -0.323. The summed E-state index contributed by atoms with van der Waals surface area (Å²) >= 11 is 0. The van der Waals surface area contributed by atoms with Gasteiger partial charge in [0.2, 0.25) is 0 Å². The minimum Gasteiger partial charge on any atom is -0.462 e. The second-order valence-electron chi connectivity index (χ2n) is 33.5. The van der Waals surface area contributed by atoms with Gasteiger partial charge in [-0.25, -0.2) is 0 Å². The topological polar surface area (TPSA) is 132 Å². The van der Waals surface area contributed by atoms with Crippen LogP contribution < -0.4 is 0 Å². The van der Waals surface area contributed by atoms with Crippen molar-refractivity contribution < 1.29 is 47.7 Å². The van der Waals surface area contributed by atoms with Gasteiger partial charge in [0, 0.05) is 0 Å². The highest BCUT2D eigenvalue weighted by Crippen LogP contribution is 2.48. The predicted octanol–water partition coefficient (Wildman–Crippen LogP) is 20.8. The monoisotopic (exact) mass is 1230 g/mol. The summed E-state index contributed by atoms with van der Waals surface area (Å²) in [6.07, 6.45) is 47.8. The van der Waals surface area contributed by atoms with Crippen LogP contribution in [0.1, 0.15) is 348 Å². The van der Waals surface area contributed by atoms with Gasteiger partial charge in [-0.1, -0.05) is 144 Å². The maximum atomic E-state index is 12.3. The summed E-state index contributed by atoms with van der Waals surface area (Å²) in [5.41, 5.74) is -1.58. The molecule has 0 bridgehead atoms. The van der Waals surface area contributed by atoms with E-state index in [1.807, 2.05) is 76.2 Å². The van der Waals surface area contributed by atoms with E-state index >= 15 is 0 Å². The maximum absolute atomic E-state index is 12.3. The molecule has 15 unspecified atom stereocenters. The van der Waals surface area contributed by atoms with Crippen molar-refractivity contribution in [3.05, 3.63) is 0 Å². The van der Waals surface area contributed by atoms with Crippen LogP contribution in [0.5, 0.6) is 0 Å². The molecule has 0 N–H and O–H groups in total. The Morgan fingerprint density at radius 3 is 0.830 bits per heavy atom. The molecule has 88 heavy (non-hydrogen) atoms. The number of rotatable bonds is 15. The summed E-state index contributed by atoms with van der Waals surface area (Å²) in [4.78, 5) is 60.8. The van der Waals surface area contributed by atoms with E-state index < -0.39 is 0 Å². The van der Waals surface area contributed by atoms with Gasteiger partial charge in [0.05, 0.1) is 27.1 Å². The van der Waals surface area contributed by atoms with Crippen molar-refractivity contribution in [1.82, 2.24) is 0 Å². The third-order valence-corrected chi connectivity index (χ3v) is 25.5. The molecule has 0 aromatic carbocycles. The van der Waals surface area contributed by atoms with Crippen LogP contribution in [0.3, 0.4) is 0 Å². The summed E-state index contributed by atoms with van der Waals surface area (Å²) in [6, 6.07) is 0. The Hall–Kier alpha value is -2.65. The number of carbonyl (C=O) groups excluding carboxylic acids is 5. The molecule has 0 aliphatic heterocycles. The maximum Gasteiger partial charge on any atom is 0.311 e. The molecular formula is C78H136O10. The molecule has 0 heterocycles. The zero-order chi connectivity index (χ0) is 64.5. The largest absolute Gasteiger partial charge is 0.462 e. The van der Waals surface area contributed by atoms with E-state index in [4.69, 9.17) is 23.7 Å². The van der Waals surface area contributed by atoms with Crippen molar-refractivity contribution in [2.75, 3.05) is 0 Å². The highest BCUT2D eigenvalue weighted by Gasteiger charge is 2.45. The van der Waals surface area contributed by atoms with Crippen LogP contribution in [-0.4, -0.2) is 60.4 Å². The Morgan fingerprint density at radius 1 is 0.250 bits per heavy atom. The first-order valence-corrected chi connectivity index (χ1v) is 37.8. The summed E-state index contributed by atoms with van der Waals surface area (Å²) in [5.74, 6) is 7.79. The minimum absolute atomic E-state index is 0.00394. The van der Waals surface area contributed by atoms with E-state index in [9.17, 15) is 24.0 Å². The molecule has 15 atom stereocenters. The Kier molecular flexibility index (Phi) is 29.2. The molecule has 0 saturated heterocycles. The van der Waals surface area contributed by atoms with Crippen LogP contribution in [0.2, 0.25) is 0 Å². The quantitative estimate of drug-likeness (QED) is 0.115. The molecular weight excluding hydrogens is 1100 g/mol. The zero-order valence-corrected chi connectivity index (χ0v) is 59.6. The van der Waals surface area contributed by atoms with E-state index in [-0.39, 0.29) is 87.4 Å². The summed E-state index contributed by atoms with van der Waals surface area (Å²) < 4.78 is 29.1. The second-order valence-corrected chi connectivity index (χ2v) is 33.5. The molecule has 10 aliphatic carbocycles. The highest BCUT2D eigenvalue weighted by atomic mass is 16.6.